The highest BCUT2D eigenvalue weighted by Gasteiger charge is 2.18. The lowest BCUT2D eigenvalue weighted by Crippen LogP contribution is -2.34. The molecule has 25 heavy (non-hydrogen) atoms. The van der Waals surface area contributed by atoms with E-state index in [1.54, 1.807) is 0 Å². The first-order valence-electron chi connectivity index (χ1n) is 8.29. The highest BCUT2D eigenvalue weighted by atomic mass is 32.1. The average molecular weight is 350 g/mol. The van der Waals surface area contributed by atoms with Crippen LogP contribution in [-0.4, -0.2) is 31.4 Å². The molecule has 2 aromatic carbocycles. The second kappa shape index (κ2) is 8.10. The van der Waals surface area contributed by atoms with E-state index in [9.17, 15) is 4.79 Å². The van der Waals surface area contributed by atoms with Gasteiger partial charge in [0.1, 0.15) is 0 Å². The fourth-order valence-corrected chi connectivity index (χ4v) is 3.71. The maximum atomic E-state index is 12.7. The zero-order valence-electron chi connectivity index (χ0n) is 14.5. The molecule has 0 aliphatic carbocycles. The second-order valence-corrected chi connectivity index (χ2v) is 7.05. The predicted molar refractivity (Wildman–Crippen MR) is 105 cm³/mol. The summed E-state index contributed by atoms with van der Waals surface area (Å²) in [5.41, 5.74) is 3.26. The third kappa shape index (κ3) is 4.16. The zero-order chi connectivity index (χ0) is 17.6. The normalized spacial score (nSPS) is 12.1. The number of thiophene rings is 1. The van der Waals surface area contributed by atoms with E-state index in [2.05, 4.69) is 22.3 Å². The molecule has 4 heteroatoms. The Labute approximate surface area is 152 Å². The molecule has 3 rings (SSSR count). The van der Waals surface area contributed by atoms with Crippen LogP contribution in [0, 0.1) is 0 Å². The van der Waals surface area contributed by atoms with Crippen LogP contribution in [0.3, 0.4) is 0 Å². The van der Waals surface area contributed by atoms with Crippen LogP contribution in [0.4, 0.5) is 0 Å². The molecule has 0 spiro atoms. The van der Waals surface area contributed by atoms with Crippen LogP contribution in [0.15, 0.2) is 72.1 Å². The van der Waals surface area contributed by atoms with Crippen LogP contribution in [0.1, 0.15) is 21.3 Å². The summed E-state index contributed by atoms with van der Waals surface area (Å²) in [7, 11) is 4.06. The number of likely N-dealkylation sites (N-methyl/N-ethyl adjacent to an activating group) is 1. The topological polar surface area (TPSA) is 32.3 Å². The number of hydrogen-bond acceptors (Lipinski definition) is 3. The molecule has 0 fully saturated rings. The smallest absolute Gasteiger partial charge is 0.262 e. The summed E-state index contributed by atoms with van der Waals surface area (Å²) in [5, 5.41) is 5.08. The van der Waals surface area contributed by atoms with Crippen molar-refractivity contribution < 1.29 is 4.79 Å². The Bertz CT molecular complexity index is 812. The molecule has 1 amide bonds. The van der Waals surface area contributed by atoms with Crippen molar-refractivity contribution in [3.8, 4) is 11.1 Å². The summed E-state index contributed by atoms with van der Waals surface area (Å²) in [6, 6.07) is 22.4. The lowest BCUT2D eigenvalue weighted by molar-refractivity contribution is 0.0946. The van der Waals surface area contributed by atoms with Gasteiger partial charge in [0.15, 0.2) is 0 Å². The van der Waals surface area contributed by atoms with Crippen molar-refractivity contribution in [2.75, 3.05) is 20.6 Å². The first kappa shape index (κ1) is 17.4. The van der Waals surface area contributed by atoms with Gasteiger partial charge >= 0.3 is 0 Å². The Morgan fingerprint density at radius 1 is 1.00 bits per heavy atom. The summed E-state index contributed by atoms with van der Waals surface area (Å²) in [6.45, 7) is 0.571. The number of benzene rings is 2. The molecule has 0 aliphatic heterocycles. The number of nitrogens with zero attached hydrogens (tertiary/aromatic N) is 1. The fraction of sp³-hybridized carbons (Fsp3) is 0.190. The minimum atomic E-state index is -0.0170. The maximum Gasteiger partial charge on any atom is 0.262 e. The molecular formula is C21H22N2OS. The first-order chi connectivity index (χ1) is 12.2. The van der Waals surface area contributed by atoms with Crippen LogP contribution in [0.5, 0.6) is 0 Å². The third-order valence-corrected chi connectivity index (χ3v) is 5.13. The Hall–Kier alpha value is -2.43. The maximum absolute atomic E-state index is 12.7. The standard InChI is InChI=1S/C21H22N2OS/c1-23(2)19(17-11-7-4-8-12-17)15-22-21(24)20-18(13-14-25-20)16-9-5-3-6-10-16/h3-14,19H,15H2,1-2H3,(H,22,24)/t19-/m1/s1. The van der Waals surface area contributed by atoms with Crippen molar-refractivity contribution in [2.45, 2.75) is 6.04 Å². The van der Waals surface area contributed by atoms with Crippen LogP contribution in [0.2, 0.25) is 0 Å². The number of nitrogens with one attached hydrogen (secondary N) is 1. The Morgan fingerprint density at radius 3 is 2.28 bits per heavy atom. The molecule has 3 aromatic rings. The average Bonchev–Trinajstić information content (AvgIpc) is 3.13. The van der Waals surface area contributed by atoms with Crippen LogP contribution >= 0.6 is 11.3 Å². The molecule has 3 nitrogen and oxygen atoms in total. The van der Waals surface area contributed by atoms with Crippen molar-refractivity contribution in [3.63, 3.8) is 0 Å². The summed E-state index contributed by atoms with van der Waals surface area (Å²) in [4.78, 5) is 15.6. The van der Waals surface area contributed by atoms with Crippen molar-refractivity contribution in [1.82, 2.24) is 10.2 Å². The monoisotopic (exact) mass is 350 g/mol. The minimum absolute atomic E-state index is 0.0170. The van der Waals surface area contributed by atoms with E-state index in [1.165, 1.54) is 16.9 Å². The molecule has 0 radical (unpaired) electrons. The third-order valence-electron chi connectivity index (χ3n) is 4.22. The lowest BCUT2D eigenvalue weighted by Gasteiger charge is -2.25. The van der Waals surface area contributed by atoms with Crippen LogP contribution in [0.25, 0.3) is 11.1 Å². The van der Waals surface area contributed by atoms with Gasteiger partial charge in [-0.2, -0.15) is 0 Å². The van der Waals surface area contributed by atoms with Gasteiger partial charge in [-0.05, 0) is 36.7 Å². The van der Waals surface area contributed by atoms with E-state index in [0.717, 1.165) is 16.0 Å². The summed E-state index contributed by atoms with van der Waals surface area (Å²) in [6.07, 6.45) is 0. The van der Waals surface area contributed by atoms with Gasteiger partial charge in [-0.15, -0.1) is 11.3 Å². The van der Waals surface area contributed by atoms with Crippen molar-refractivity contribution in [3.05, 3.63) is 82.6 Å². The van der Waals surface area contributed by atoms with Crippen molar-refractivity contribution >= 4 is 17.2 Å². The van der Waals surface area contributed by atoms with E-state index in [1.807, 2.05) is 74.1 Å². The van der Waals surface area contributed by atoms with E-state index >= 15 is 0 Å². The van der Waals surface area contributed by atoms with Gasteiger partial charge < -0.3 is 10.2 Å². The van der Waals surface area contributed by atoms with Crippen molar-refractivity contribution in [2.24, 2.45) is 0 Å². The molecule has 128 valence electrons. The second-order valence-electron chi connectivity index (χ2n) is 6.13. The molecule has 1 N–H and O–H groups in total. The number of carbonyl (C=O) groups excluding carboxylic acids is 1. The Balaban J connectivity index is 1.74. The van der Waals surface area contributed by atoms with Gasteiger partial charge in [0.2, 0.25) is 0 Å². The number of amides is 1. The number of hydrogen-bond donors (Lipinski definition) is 1. The van der Waals surface area contributed by atoms with E-state index in [-0.39, 0.29) is 11.9 Å². The molecule has 1 aromatic heterocycles. The van der Waals surface area contributed by atoms with Crippen molar-refractivity contribution in [1.29, 1.82) is 0 Å². The zero-order valence-corrected chi connectivity index (χ0v) is 15.3. The fourth-order valence-electron chi connectivity index (χ4n) is 2.87. The molecule has 1 heterocycles. The Kier molecular flexibility index (Phi) is 5.64. The summed E-state index contributed by atoms with van der Waals surface area (Å²) >= 11 is 1.48. The van der Waals surface area contributed by atoms with Crippen LogP contribution < -0.4 is 5.32 Å². The van der Waals surface area contributed by atoms with Gasteiger partial charge in [0.25, 0.3) is 5.91 Å². The number of carbonyl (C=O) groups is 1. The lowest BCUT2D eigenvalue weighted by atomic mass is 10.1. The molecule has 0 unspecified atom stereocenters. The summed E-state index contributed by atoms with van der Waals surface area (Å²) < 4.78 is 0. The van der Waals surface area contributed by atoms with Gasteiger partial charge in [-0.25, -0.2) is 0 Å². The largest absolute Gasteiger partial charge is 0.349 e. The summed E-state index contributed by atoms with van der Waals surface area (Å²) in [5.74, 6) is -0.0170. The molecule has 0 bridgehead atoms. The minimum Gasteiger partial charge on any atom is -0.349 e. The van der Waals surface area contributed by atoms with Gasteiger partial charge in [-0.3, -0.25) is 4.79 Å². The molecular weight excluding hydrogens is 328 g/mol. The molecule has 0 saturated carbocycles. The van der Waals surface area contributed by atoms with Gasteiger partial charge in [0, 0.05) is 12.1 Å². The predicted octanol–water partition coefficient (Wildman–Crippen LogP) is 4.45. The van der Waals surface area contributed by atoms with Crippen LogP contribution in [-0.2, 0) is 0 Å². The molecule has 0 saturated heterocycles. The first-order valence-corrected chi connectivity index (χ1v) is 9.17. The highest BCUT2D eigenvalue weighted by molar-refractivity contribution is 7.12. The molecule has 0 aliphatic rings. The van der Waals surface area contributed by atoms with E-state index < -0.39 is 0 Å². The van der Waals surface area contributed by atoms with Gasteiger partial charge in [-0.1, -0.05) is 60.7 Å². The quantitative estimate of drug-likeness (QED) is 0.712. The van der Waals surface area contributed by atoms with E-state index in [0.29, 0.717) is 6.54 Å². The SMILES string of the molecule is CN(C)[C@H](CNC(=O)c1sccc1-c1ccccc1)c1ccccc1. The number of rotatable bonds is 6. The molecule has 1 atom stereocenters. The van der Waals surface area contributed by atoms with Gasteiger partial charge in [0.05, 0.1) is 10.9 Å². The van der Waals surface area contributed by atoms with E-state index in [4.69, 9.17) is 0 Å². The highest BCUT2D eigenvalue weighted by Crippen LogP contribution is 2.28. The Morgan fingerprint density at radius 2 is 1.64 bits per heavy atom.